The average molecular weight is 290 g/mol. The number of rotatable bonds is 3. The Kier molecular flexibility index (Phi) is 3.02. The van der Waals surface area contributed by atoms with E-state index < -0.39 is 17.6 Å². The van der Waals surface area contributed by atoms with Gasteiger partial charge in [-0.15, -0.1) is 0 Å². The highest BCUT2D eigenvalue weighted by atomic mass is 19.1. The second kappa shape index (κ2) is 4.86. The molecule has 1 N–H and O–H groups in total. The van der Waals surface area contributed by atoms with Crippen molar-refractivity contribution in [2.75, 3.05) is 0 Å². The average Bonchev–Trinajstić information content (AvgIpc) is 3.07. The molecule has 5 nitrogen and oxygen atoms in total. The standard InChI is InChI=1S/C14H8F2N2O3/c15-8-3-4-11(9(16)6-8)18-12(13-2-1-5-21-13)7-10(17-18)14(19)20/h1-7H,(H,19,20). The molecule has 0 unspecified atom stereocenters. The van der Waals surface area contributed by atoms with Gasteiger partial charge in [-0.2, -0.15) is 5.10 Å². The third kappa shape index (κ3) is 2.29. The monoisotopic (exact) mass is 290 g/mol. The molecule has 0 aliphatic rings. The van der Waals surface area contributed by atoms with E-state index in [0.717, 1.165) is 10.7 Å². The van der Waals surface area contributed by atoms with Crippen molar-refractivity contribution in [3.63, 3.8) is 0 Å². The summed E-state index contributed by atoms with van der Waals surface area (Å²) < 4.78 is 33.1. The molecule has 0 radical (unpaired) electrons. The predicted molar refractivity (Wildman–Crippen MR) is 68.1 cm³/mol. The van der Waals surface area contributed by atoms with Gasteiger partial charge in [0.1, 0.15) is 17.2 Å². The number of aromatic nitrogens is 2. The van der Waals surface area contributed by atoms with E-state index >= 15 is 0 Å². The Morgan fingerprint density at radius 1 is 1.24 bits per heavy atom. The third-order valence-corrected chi connectivity index (χ3v) is 2.84. The van der Waals surface area contributed by atoms with E-state index in [1.807, 2.05) is 0 Å². The van der Waals surface area contributed by atoms with Gasteiger partial charge < -0.3 is 9.52 Å². The maximum Gasteiger partial charge on any atom is 0.356 e. The number of carboxylic acid groups (broad SMARTS) is 1. The fourth-order valence-corrected chi connectivity index (χ4v) is 1.92. The highest BCUT2D eigenvalue weighted by Crippen LogP contribution is 2.26. The number of furan rings is 1. The number of hydrogen-bond acceptors (Lipinski definition) is 3. The van der Waals surface area contributed by atoms with Crippen molar-refractivity contribution in [3.05, 3.63) is 60.0 Å². The highest BCUT2D eigenvalue weighted by molar-refractivity contribution is 5.87. The molecule has 0 saturated heterocycles. The lowest BCUT2D eigenvalue weighted by Gasteiger charge is -2.06. The molecule has 0 amide bonds. The predicted octanol–water partition coefficient (Wildman–Crippen LogP) is 3.11. The Morgan fingerprint density at radius 2 is 2.05 bits per heavy atom. The Hall–Kier alpha value is -2.96. The van der Waals surface area contributed by atoms with Crippen LogP contribution in [0.25, 0.3) is 17.1 Å². The van der Waals surface area contributed by atoms with E-state index in [2.05, 4.69) is 5.10 Å². The van der Waals surface area contributed by atoms with E-state index in [0.29, 0.717) is 11.8 Å². The summed E-state index contributed by atoms with van der Waals surface area (Å²) in [5, 5.41) is 12.8. The van der Waals surface area contributed by atoms with Gasteiger partial charge in [-0.05, 0) is 24.3 Å². The largest absolute Gasteiger partial charge is 0.476 e. The van der Waals surface area contributed by atoms with Crippen LogP contribution in [-0.2, 0) is 0 Å². The first kappa shape index (κ1) is 13.0. The maximum atomic E-state index is 13.9. The zero-order valence-corrected chi connectivity index (χ0v) is 10.5. The number of aromatic carboxylic acids is 1. The molecule has 0 aliphatic carbocycles. The molecule has 1 aromatic carbocycles. The summed E-state index contributed by atoms with van der Waals surface area (Å²) in [5.41, 5.74) is -0.0941. The zero-order chi connectivity index (χ0) is 15.0. The second-order valence-electron chi connectivity index (χ2n) is 4.20. The number of nitrogens with zero attached hydrogens (tertiary/aromatic N) is 2. The second-order valence-corrected chi connectivity index (χ2v) is 4.20. The summed E-state index contributed by atoms with van der Waals surface area (Å²) in [6, 6.07) is 7.38. The highest BCUT2D eigenvalue weighted by Gasteiger charge is 2.19. The van der Waals surface area contributed by atoms with E-state index in [-0.39, 0.29) is 17.1 Å². The first-order valence-corrected chi connectivity index (χ1v) is 5.89. The van der Waals surface area contributed by atoms with Crippen LogP contribution in [-0.4, -0.2) is 20.9 Å². The fraction of sp³-hybridized carbons (Fsp3) is 0. The summed E-state index contributed by atoms with van der Waals surface area (Å²) in [6.07, 6.45) is 1.40. The molecule has 3 rings (SSSR count). The van der Waals surface area contributed by atoms with Crippen molar-refractivity contribution in [3.8, 4) is 17.1 Å². The molecule has 0 saturated carbocycles. The van der Waals surface area contributed by atoms with Crippen LogP contribution < -0.4 is 0 Å². The minimum atomic E-state index is -1.26. The van der Waals surface area contributed by atoms with Gasteiger partial charge in [0.25, 0.3) is 0 Å². The lowest BCUT2D eigenvalue weighted by molar-refractivity contribution is 0.0690. The molecule has 2 aromatic heterocycles. The van der Waals surface area contributed by atoms with Crippen LogP contribution in [0.5, 0.6) is 0 Å². The van der Waals surface area contributed by atoms with Gasteiger partial charge in [0, 0.05) is 12.1 Å². The molecule has 0 aliphatic heterocycles. The van der Waals surface area contributed by atoms with E-state index in [1.54, 1.807) is 12.1 Å². The summed E-state index contributed by atoms with van der Waals surface area (Å²) >= 11 is 0. The van der Waals surface area contributed by atoms with E-state index in [4.69, 9.17) is 9.52 Å². The van der Waals surface area contributed by atoms with Crippen molar-refractivity contribution in [2.45, 2.75) is 0 Å². The Morgan fingerprint density at radius 3 is 2.67 bits per heavy atom. The number of halogens is 2. The minimum Gasteiger partial charge on any atom is -0.476 e. The summed E-state index contributed by atoms with van der Waals surface area (Å²) in [7, 11) is 0. The van der Waals surface area contributed by atoms with Crippen LogP contribution in [0.1, 0.15) is 10.5 Å². The quantitative estimate of drug-likeness (QED) is 0.804. The molecular formula is C14H8F2N2O3. The summed E-state index contributed by atoms with van der Waals surface area (Å²) in [6.45, 7) is 0. The van der Waals surface area contributed by atoms with E-state index in [1.165, 1.54) is 18.4 Å². The third-order valence-electron chi connectivity index (χ3n) is 2.84. The van der Waals surface area contributed by atoms with Crippen LogP contribution in [0, 0.1) is 11.6 Å². The van der Waals surface area contributed by atoms with Crippen molar-refractivity contribution in [1.82, 2.24) is 9.78 Å². The van der Waals surface area contributed by atoms with Gasteiger partial charge >= 0.3 is 5.97 Å². The molecule has 21 heavy (non-hydrogen) atoms. The molecule has 0 atom stereocenters. The number of benzene rings is 1. The summed E-state index contributed by atoms with van der Waals surface area (Å²) in [5.74, 6) is -2.54. The normalized spacial score (nSPS) is 10.8. The number of hydrogen-bond donors (Lipinski definition) is 1. The van der Waals surface area contributed by atoms with Crippen molar-refractivity contribution in [2.24, 2.45) is 0 Å². The van der Waals surface area contributed by atoms with Crippen LogP contribution in [0.15, 0.2) is 47.1 Å². The Balaban J connectivity index is 2.23. The van der Waals surface area contributed by atoms with Crippen LogP contribution in [0.3, 0.4) is 0 Å². The molecule has 7 heteroatoms. The fourth-order valence-electron chi connectivity index (χ4n) is 1.92. The molecule has 0 bridgehead atoms. The maximum absolute atomic E-state index is 13.9. The van der Waals surface area contributed by atoms with Crippen LogP contribution in [0.2, 0.25) is 0 Å². The van der Waals surface area contributed by atoms with Gasteiger partial charge in [0.2, 0.25) is 0 Å². The molecule has 0 fully saturated rings. The van der Waals surface area contributed by atoms with Gasteiger partial charge in [-0.1, -0.05) is 0 Å². The topological polar surface area (TPSA) is 68.3 Å². The van der Waals surface area contributed by atoms with Gasteiger partial charge in [-0.25, -0.2) is 18.3 Å². The molecule has 2 heterocycles. The lowest BCUT2D eigenvalue weighted by Crippen LogP contribution is -2.04. The zero-order valence-electron chi connectivity index (χ0n) is 10.5. The summed E-state index contributed by atoms with van der Waals surface area (Å²) in [4.78, 5) is 11.0. The lowest BCUT2D eigenvalue weighted by atomic mass is 10.2. The Bertz CT molecular complexity index is 810. The van der Waals surface area contributed by atoms with Crippen molar-refractivity contribution in [1.29, 1.82) is 0 Å². The van der Waals surface area contributed by atoms with Gasteiger partial charge in [-0.3, -0.25) is 0 Å². The molecule has 3 aromatic rings. The van der Waals surface area contributed by atoms with Gasteiger partial charge in [0.15, 0.2) is 17.3 Å². The molecular weight excluding hydrogens is 282 g/mol. The Labute approximate surface area is 117 Å². The number of carbonyl (C=O) groups is 1. The van der Waals surface area contributed by atoms with E-state index in [9.17, 15) is 13.6 Å². The van der Waals surface area contributed by atoms with Crippen LogP contribution >= 0.6 is 0 Å². The molecule has 106 valence electrons. The SMILES string of the molecule is O=C(O)c1cc(-c2ccco2)n(-c2ccc(F)cc2F)n1. The van der Waals surface area contributed by atoms with Crippen molar-refractivity contribution < 1.29 is 23.1 Å². The molecule has 0 spiro atoms. The first-order valence-electron chi connectivity index (χ1n) is 5.89. The smallest absolute Gasteiger partial charge is 0.356 e. The number of carboxylic acids is 1. The van der Waals surface area contributed by atoms with Crippen LogP contribution in [0.4, 0.5) is 8.78 Å². The van der Waals surface area contributed by atoms with Crippen molar-refractivity contribution >= 4 is 5.97 Å². The van der Waals surface area contributed by atoms with Gasteiger partial charge in [0.05, 0.1) is 6.26 Å². The minimum absolute atomic E-state index is 0.0738. The first-order chi connectivity index (χ1) is 10.1.